The van der Waals surface area contributed by atoms with Gasteiger partial charge in [-0.05, 0) is 26.2 Å². The minimum atomic E-state index is -0.360. The molecule has 1 aromatic rings. The number of carbonyl (C=O) groups excluding carboxylic acids is 2. The number of aryl methyl sites for hydroxylation is 1. The summed E-state index contributed by atoms with van der Waals surface area (Å²) in [5, 5.41) is 6.42. The number of nitrogens with one attached hydrogen (secondary N) is 3. The predicted octanol–water partition coefficient (Wildman–Crippen LogP) is 0.835. The Morgan fingerprint density at radius 1 is 1.39 bits per heavy atom. The van der Waals surface area contributed by atoms with Crippen LogP contribution < -0.4 is 10.9 Å². The van der Waals surface area contributed by atoms with E-state index < -0.39 is 0 Å². The normalized spacial score (nSPS) is 18.4. The lowest BCUT2D eigenvalue weighted by Gasteiger charge is -2.17. The average Bonchev–Trinajstić information content (AvgIpc) is 2.83. The zero-order valence-corrected chi connectivity index (χ0v) is 10.2. The molecule has 2 amide bonds. The maximum Gasteiger partial charge on any atom is 0.273 e. The minimum absolute atomic E-state index is 0.0549. The van der Waals surface area contributed by atoms with Crippen molar-refractivity contribution >= 4 is 11.8 Å². The molecular weight excluding hydrogens is 232 g/mol. The molecule has 0 unspecified atom stereocenters. The largest absolute Gasteiger partial charge is 0.282 e. The van der Waals surface area contributed by atoms with Gasteiger partial charge in [-0.15, -0.1) is 0 Å². The number of hydrogen-bond acceptors (Lipinski definition) is 3. The molecule has 0 radical (unpaired) electrons. The third-order valence-electron chi connectivity index (χ3n) is 3.01. The van der Waals surface area contributed by atoms with Crippen LogP contribution in [0, 0.1) is 12.8 Å². The first-order chi connectivity index (χ1) is 8.68. The van der Waals surface area contributed by atoms with E-state index in [0.29, 0.717) is 11.3 Å². The Balaban J connectivity index is 1.84. The lowest BCUT2D eigenvalue weighted by Crippen LogP contribution is -2.44. The van der Waals surface area contributed by atoms with E-state index in [2.05, 4.69) is 27.1 Å². The molecule has 3 N–H and O–H groups in total. The van der Waals surface area contributed by atoms with E-state index in [-0.39, 0.29) is 17.7 Å². The van der Waals surface area contributed by atoms with E-state index in [9.17, 15) is 9.59 Å². The predicted molar refractivity (Wildman–Crippen MR) is 65.4 cm³/mol. The van der Waals surface area contributed by atoms with Gasteiger partial charge in [-0.1, -0.05) is 12.2 Å². The van der Waals surface area contributed by atoms with Gasteiger partial charge in [0.25, 0.3) is 5.91 Å². The number of amides is 2. The van der Waals surface area contributed by atoms with Crippen LogP contribution in [0.2, 0.25) is 0 Å². The molecule has 1 aliphatic carbocycles. The van der Waals surface area contributed by atoms with E-state index in [1.165, 1.54) is 6.20 Å². The molecule has 0 aliphatic heterocycles. The van der Waals surface area contributed by atoms with Crippen molar-refractivity contribution in [1.29, 1.82) is 0 Å². The van der Waals surface area contributed by atoms with Crippen molar-refractivity contribution in [3.63, 3.8) is 0 Å². The zero-order valence-electron chi connectivity index (χ0n) is 10.2. The Morgan fingerprint density at radius 2 is 2.22 bits per heavy atom. The standard InChI is InChI=1S/C12H16N4O2/c1-8-10(7-13-14-8)12(18)16-15-11(17)9-5-3-2-4-6-9/h2-3,7,9H,4-6H2,1H3,(H,13,14)(H,15,17)(H,16,18)/t9-/m1/s1. The van der Waals surface area contributed by atoms with Crippen LogP contribution in [0.3, 0.4) is 0 Å². The van der Waals surface area contributed by atoms with Crippen molar-refractivity contribution in [2.45, 2.75) is 26.2 Å². The van der Waals surface area contributed by atoms with Gasteiger partial charge in [0, 0.05) is 11.6 Å². The van der Waals surface area contributed by atoms with Gasteiger partial charge < -0.3 is 0 Å². The molecule has 18 heavy (non-hydrogen) atoms. The van der Waals surface area contributed by atoms with Gasteiger partial charge in [0.05, 0.1) is 11.8 Å². The van der Waals surface area contributed by atoms with Crippen molar-refractivity contribution in [3.05, 3.63) is 29.6 Å². The highest BCUT2D eigenvalue weighted by Gasteiger charge is 2.19. The molecule has 0 saturated heterocycles. The van der Waals surface area contributed by atoms with Crippen molar-refractivity contribution in [2.24, 2.45) is 5.92 Å². The molecule has 1 heterocycles. The lowest BCUT2D eigenvalue weighted by atomic mass is 9.94. The number of carbonyl (C=O) groups is 2. The molecule has 6 heteroatoms. The second-order valence-corrected chi connectivity index (χ2v) is 4.33. The second-order valence-electron chi connectivity index (χ2n) is 4.33. The average molecular weight is 248 g/mol. The van der Waals surface area contributed by atoms with Crippen LogP contribution in [-0.2, 0) is 4.79 Å². The topological polar surface area (TPSA) is 86.9 Å². The lowest BCUT2D eigenvalue weighted by molar-refractivity contribution is -0.126. The fraction of sp³-hybridized carbons (Fsp3) is 0.417. The molecule has 6 nitrogen and oxygen atoms in total. The molecule has 0 spiro atoms. The van der Waals surface area contributed by atoms with Crippen molar-refractivity contribution in [2.75, 3.05) is 0 Å². The highest BCUT2D eigenvalue weighted by atomic mass is 16.2. The van der Waals surface area contributed by atoms with Crippen molar-refractivity contribution < 1.29 is 9.59 Å². The SMILES string of the molecule is Cc1[nH]ncc1C(=O)NNC(=O)[C@@H]1CC=CCC1. The zero-order chi connectivity index (χ0) is 13.0. The summed E-state index contributed by atoms with van der Waals surface area (Å²) in [7, 11) is 0. The summed E-state index contributed by atoms with van der Waals surface area (Å²) in [4.78, 5) is 23.5. The van der Waals surface area contributed by atoms with Crippen LogP contribution in [-0.4, -0.2) is 22.0 Å². The second kappa shape index (κ2) is 5.48. The molecule has 1 aliphatic rings. The molecule has 96 valence electrons. The number of allylic oxidation sites excluding steroid dienone is 2. The van der Waals surface area contributed by atoms with Crippen molar-refractivity contribution in [1.82, 2.24) is 21.0 Å². The van der Waals surface area contributed by atoms with E-state index in [0.717, 1.165) is 19.3 Å². The first-order valence-corrected chi connectivity index (χ1v) is 5.93. The quantitative estimate of drug-likeness (QED) is 0.535. The number of hydrogen-bond donors (Lipinski definition) is 3. The Labute approximate surface area is 105 Å². The minimum Gasteiger partial charge on any atom is -0.282 e. The smallest absolute Gasteiger partial charge is 0.273 e. The summed E-state index contributed by atoms with van der Waals surface area (Å²) in [6, 6.07) is 0. The Morgan fingerprint density at radius 3 is 2.83 bits per heavy atom. The van der Waals surface area contributed by atoms with Gasteiger partial charge >= 0.3 is 0 Å². The summed E-state index contributed by atoms with van der Waals surface area (Å²) in [6.07, 6.45) is 7.95. The summed E-state index contributed by atoms with van der Waals surface area (Å²) in [5.74, 6) is -0.560. The van der Waals surface area contributed by atoms with E-state index >= 15 is 0 Å². The van der Waals surface area contributed by atoms with Gasteiger partial charge in [-0.3, -0.25) is 25.5 Å². The summed E-state index contributed by atoms with van der Waals surface area (Å²) < 4.78 is 0. The number of nitrogens with zero attached hydrogens (tertiary/aromatic N) is 1. The molecular formula is C12H16N4O2. The number of aromatic amines is 1. The van der Waals surface area contributed by atoms with Gasteiger partial charge in [0.2, 0.25) is 5.91 Å². The van der Waals surface area contributed by atoms with Crippen LogP contribution in [0.4, 0.5) is 0 Å². The fourth-order valence-corrected chi connectivity index (χ4v) is 1.90. The Bertz CT molecular complexity index is 478. The third-order valence-corrected chi connectivity index (χ3v) is 3.01. The van der Waals surface area contributed by atoms with E-state index in [1.54, 1.807) is 6.92 Å². The first kappa shape index (κ1) is 12.3. The highest BCUT2D eigenvalue weighted by molar-refractivity contribution is 5.96. The monoisotopic (exact) mass is 248 g/mol. The third kappa shape index (κ3) is 2.77. The molecule has 1 aromatic heterocycles. The van der Waals surface area contributed by atoms with Crippen LogP contribution >= 0.6 is 0 Å². The number of hydrazine groups is 1. The first-order valence-electron chi connectivity index (χ1n) is 5.93. The van der Waals surface area contributed by atoms with Crippen LogP contribution in [0.25, 0.3) is 0 Å². The molecule has 0 saturated carbocycles. The van der Waals surface area contributed by atoms with Gasteiger partial charge in [0.15, 0.2) is 0 Å². The summed E-state index contributed by atoms with van der Waals surface area (Å²) in [5.41, 5.74) is 5.95. The molecule has 1 atom stereocenters. The van der Waals surface area contributed by atoms with E-state index in [4.69, 9.17) is 0 Å². The van der Waals surface area contributed by atoms with Gasteiger partial charge in [-0.25, -0.2) is 0 Å². The van der Waals surface area contributed by atoms with Gasteiger partial charge in [0.1, 0.15) is 0 Å². The number of aromatic nitrogens is 2. The Hall–Kier alpha value is -2.11. The molecule has 0 aromatic carbocycles. The fourth-order valence-electron chi connectivity index (χ4n) is 1.90. The summed E-state index contributed by atoms with van der Waals surface area (Å²) in [6.45, 7) is 1.75. The highest BCUT2D eigenvalue weighted by Crippen LogP contribution is 2.17. The van der Waals surface area contributed by atoms with Crippen LogP contribution in [0.15, 0.2) is 18.3 Å². The number of rotatable bonds is 2. The maximum absolute atomic E-state index is 11.8. The van der Waals surface area contributed by atoms with Crippen LogP contribution in [0.5, 0.6) is 0 Å². The van der Waals surface area contributed by atoms with E-state index in [1.807, 2.05) is 6.08 Å². The molecule has 0 bridgehead atoms. The molecule has 0 fully saturated rings. The number of H-pyrrole nitrogens is 1. The molecule has 2 rings (SSSR count). The van der Waals surface area contributed by atoms with Crippen LogP contribution in [0.1, 0.15) is 35.3 Å². The van der Waals surface area contributed by atoms with Crippen molar-refractivity contribution in [3.8, 4) is 0 Å². The Kier molecular flexibility index (Phi) is 3.76. The summed E-state index contributed by atoms with van der Waals surface area (Å²) >= 11 is 0. The maximum atomic E-state index is 11.8. The van der Waals surface area contributed by atoms with Gasteiger partial charge in [-0.2, -0.15) is 5.10 Å².